The number of nitrogens with zero attached hydrogens (tertiary/aromatic N) is 2. The molecule has 6 heteroatoms. The predicted octanol–water partition coefficient (Wildman–Crippen LogP) is -1.29. The fourth-order valence-electron chi connectivity index (χ4n) is 1.29. The third-order valence-electron chi connectivity index (χ3n) is 2.05. The van der Waals surface area contributed by atoms with E-state index in [1.54, 1.807) is 4.90 Å². The lowest BCUT2D eigenvalue weighted by molar-refractivity contribution is -0.141. The van der Waals surface area contributed by atoms with Crippen LogP contribution in [0.1, 0.15) is 0 Å². The van der Waals surface area contributed by atoms with E-state index in [4.69, 9.17) is 20.5 Å². The van der Waals surface area contributed by atoms with Crippen LogP contribution in [-0.4, -0.2) is 56.4 Å². The molecule has 0 aromatic carbocycles. The van der Waals surface area contributed by atoms with Gasteiger partial charge in [-0.1, -0.05) is 0 Å². The Morgan fingerprint density at radius 1 is 1.73 bits per heavy atom. The molecule has 1 amide bonds. The number of amides is 1. The minimum absolute atomic E-state index is 0.0232. The van der Waals surface area contributed by atoms with Crippen LogP contribution in [0.2, 0.25) is 0 Å². The highest BCUT2D eigenvalue weighted by atomic mass is 16.5. The average Bonchev–Trinajstić information content (AvgIpc) is 2.29. The maximum absolute atomic E-state index is 11.5. The summed E-state index contributed by atoms with van der Waals surface area (Å²) in [4.78, 5) is 13.1. The molecule has 2 N–H and O–H groups in total. The fourth-order valence-corrected chi connectivity index (χ4v) is 1.29. The van der Waals surface area contributed by atoms with Crippen LogP contribution in [0, 0.1) is 11.3 Å². The number of nitrogens with two attached hydrogens (primary N) is 1. The van der Waals surface area contributed by atoms with Gasteiger partial charge in [0, 0.05) is 13.1 Å². The maximum Gasteiger partial charge on any atom is 0.248 e. The van der Waals surface area contributed by atoms with Crippen LogP contribution in [0.5, 0.6) is 0 Å². The first-order valence-electron chi connectivity index (χ1n) is 4.84. The zero-order chi connectivity index (χ0) is 11.1. The molecule has 1 saturated heterocycles. The van der Waals surface area contributed by atoms with Gasteiger partial charge in [-0.15, -0.1) is 0 Å². The molecule has 0 bridgehead atoms. The van der Waals surface area contributed by atoms with Crippen molar-refractivity contribution in [2.45, 2.75) is 6.10 Å². The molecule has 6 nitrogen and oxygen atoms in total. The Hall–Kier alpha value is -1.16. The molecule has 0 aliphatic carbocycles. The molecule has 1 fully saturated rings. The summed E-state index contributed by atoms with van der Waals surface area (Å²) < 4.78 is 10.1. The van der Waals surface area contributed by atoms with Gasteiger partial charge in [0.05, 0.1) is 25.8 Å². The molecule has 15 heavy (non-hydrogen) atoms. The van der Waals surface area contributed by atoms with Gasteiger partial charge in [0.2, 0.25) is 5.91 Å². The molecule has 1 unspecified atom stereocenters. The third kappa shape index (κ3) is 3.83. The van der Waals surface area contributed by atoms with E-state index in [2.05, 4.69) is 0 Å². The largest absolute Gasteiger partial charge is 0.370 e. The van der Waals surface area contributed by atoms with Crippen LogP contribution in [0.3, 0.4) is 0 Å². The number of carbonyl (C=O) groups is 1. The van der Waals surface area contributed by atoms with E-state index in [1.165, 1.54) is 0 Å². The number of ether oxygens (including phenoxy) is 2. The molecule has 84 valence electrons. The summed E-state index contributed by atoms with van der Waals surface area (Å²) in [6.07, 6.45) is -0.516. The molecule has 1 aliphatic heterocycles. The van der Waals surface area contributed by atoms with Crippen molar-refractivity contribution in [3.63, 3.8) is 0 Å². The monoisotopic (exact) mass is 213 g/mol. The fraction of sp³-hybridized carbons (Fsp3) is 0.778. The molecule has 0 aromatic heterocycles. The highest BCUT2D eigenvalue weighted by Gasteiger charge is 2.23. The van der Waals surface area contributed by atoms with Crippen molar-refractivity contribution in [1.29, 1.82) is 5.26 Å². The molecule has 0 aromatic rings. The zero-order valence-electron chi connectivity index (χ0n) is 8.52. The maximum atomic E-state index is 11.5. The summed E-state index contributed by atoms with van der Waals surface area (Å²) in [5.41, 5.74) is 5.22. The predicted molar refractivity (Wildman–Crippen MR) is 51.8 cm³/mol. The molecular weight excluding hydrogens is 198 g/mol. The van der Waals surface area contributed by atoms with E-state index in [1.807, 2.05) is 6.07 Å². The Labute approximate surface area is 88.5 Å². The summed E-state index contributed by atoms with van der Waals surface area (Å²) >= 11 is 0. The van der Waals surface area contributed by atoms with Gasteiger partial charge in [-0.2, -0.15) is 5.26 Å². The normalized spacial score (nSPS) is 21.1. The summed E-state index contributed by atoms with van der Waals surface area (Å²) in [5, 5.41) is 8.64. The molecule has 0 radical (unpaired) electrons. The van der Waals surface area contributed by atoms with Crippen LogP contribution in [0.25, 0.3) is 0 Å². The second-order valence-electron chi connectivity index (χ2n) is 3.17. The van der Waals surface area contributed by atoms with Crippen molar-refractivity contribution in [1.82, 2.24) is 4.90 Å². The quantitative estimate of drug-likeness (QED) is 0.587. The standard InChI is InChI=1S/C9H15N3O3/c10-1-3-14-7-9(13)12-2-4-15-8(5-11)6-12/h8H,1-4,6-7,10H2. The summed E-state index contributed by atoms with van der Waals surface area (Å²) in [7, 11) is 0. The van der Waals surface area contributed by atoms with Crippen molar-refractivity contribution in [3.05, 3.63) is 0 Å². The minimum atomic E-state index is -0.516. The summed E-state index contributed by atoms with van der Waals surface area (Å²) in [5.74, 6) is -0.119. The van der Waals surface area contributed by atoms with E-state index < -0.39 is 6.10 Å². The number of hydrogen-bond acceptors (Lipinski definition) is 5. The number of hydrogen-bond donors (Lipinski definition) is 1. The van der Waals surface area contributed by atoms with Crippen molar-refractivity contribution < 1.29 is 14.3 Å². The van der Waals surface area contributed by atoms with Crippen molar-refractivity contribution in [2.75, 3.05) is 39.5 Å². The molecule has 1 aliphatic rings. The van der Waals surface area contributed by atoms with Gasteiger partial charge in [-0.25, -0.2) is 0 Å². The highest BCUT2D eigenvalue weighted by Crippen LogP contribution is 2.04. The summed E-state index contributed by atoms with van der Waals surface area (Å²) in [6, 6.07) is 1.98. The van der Waals surface area contributed by atoms with Crippen molar-refractivity contribution >= 4 is 5.91 Å². The van der Waals surface area contributed by atoms with E-state index >= 15 is 0 Å². The van der Waals surface area contributed by atoms with E-state index in [0.717, 1.165) is 0 Å². The number of morpholine rings is 1. The first kappa shape index (κ1) is 11.9. The highest BCUT2D eigenvalue weighted by molar-refractivity contribution is 5.77. The Bertz CT molecular complexity index is 251. The first-order valence-corrected chi connectivity index (χ1v) is 4.84. The van der Waals surface area contributed by atoms with E-state index in [0.29, 0.717) is 32.8 Å². The van der Waals surface area contributed by atoms with Gasteiger partial charge < -0.3 is 20.1 Å². The molecular formula is C9H15N3O3. The van der Waals surface area contributed by atoms with Crippen LogP contribution < -0.4 is 5.73 Å². The van der Waals surface area contributed by atoms with Gasteiger partial charge in [0.15, 0.2) is 6.10 Å². The zero-order valence-corrected chi connectivity index (χ0v) is 8.52. The van der Waals surface area contributed by atoms with Gasteiger partial charge in [-0.3, -0.25) is 4.79 Å². The number of carbonyl (C=O) groups excluding carboxylic acids is 1. The lowest BCUT2D eigenvalue weighted by Crippen LogP contribution is -2.46. The van der Waals surface area contributed by atoms with Gasteiger partial charge in [0.1, 0.15) is 6.61 Å². The summed E-state index contributed by atoms with van der Waals surface area (Å²) in [6.45, 7) is 2.04. The van der Waals surface area contributed by atoms with E-state index in [-0.39, 0.29) is 12.5 Å². The van der Waals surface area contributed by atoms with Gasteiger partial charge in [0.25, 0.3) is 0 Å². The topological polar surface area (TPSA) is 88.6 Å². The van der Waals surface area contributed by atoms with Crippen LogP contribution >= 0.6 is 0 Å². The van der Waals surface area contributed by atoms with Gasteiger partial charge in [-0.05, 0) is 0 Å². The number of rotatable bonds is 4. The Kier molecular flexibility index (Phi) is 5.04. The molecule has 1 rings (SSSR count). The third-order valence-corrected chi connectivity index (χ3v) is 2.05. The lowest BCUT2D eigenvalue weighted by Gasteiger charge is -2.29. The average molecular weight is 213 g/mol. The minimum Gasteiger partial charge on any atom is -0.370 e. The van der Waals surface area contributed by atoms with Crippen molar-refractivity contribution in [2.24, 2.45) is 5.73 Å². The molecule has 1 heterocycles. The Morgan fingerprint density at radius 2 is 2.53 bits per heavy atom. The SMILES string of the molecule is N#CC1CN(C(=O)COCCN)CCO1. The smallest absolute Gasteiger partial charge is 0.248 e. The van der Waals surface area contributed by atoms with Crippen molar-refractivity contribution in [3.8, 4) is 6.07 Å². The Morgan fingerprint density at radius 3 is 3.20 bits per heavy atom. The lowest BCUT2D eigenvalue weighted by atomic mass is 10.3. The van der Waals surface area contributed by atoms with Crippen LogP contribution in [0.15, 0.2) is 0 Å². The van der Waals surface area contributed by atoms with Gasteiger partial charge >= 0.3 is 0 Å². The molecule has 1 atom stereocenters. The van der Waals surface area contributed by atoms with Crippen LogP contribution in [0.4, 0.5) is 0 Å². The Balaban J connectivity index is 2.29. The van der Waals surface area contributed by atoms with E-state index in [9.17, 15) is 4.79 Å². The molecule has 0 saturated carbocycles. The second-order valence-corrected chi connectivity index (χ2v) is 3.17. The second kappa shape index (κ2) is 6.35. The first-order chi connectivity index (χ1) is 7.27. The number of nitriles is 1. The van der Waals surface area contributed by atoms with Crippen LogP contribution in [-0.2, 0) is 14.3 Å². The molecule has 0 spiro atoms.